The first kappa shape index (κ1) is 14.8. The number of nitrogens with one attached hydrogen (secondary N) is 1. The summed E-state index contributed by atoms with van der Waals surface area (Å²) in [5.74, 6) is 0.382. The largest absolute Gasteiger partial charge is 0.398 e. The molecule has 0 saturated carbocycles. The van der Waals surface area contributed by atoms with Crippen LogP contribution in [0.1, 0.15) is 6.42 Å². The molecule has 3 N–H and O–H groups in total. The number of nitrogens with two attached hydrogens (primary N) is 1. The van der Waals surface area contributed by atoms with Crippen LogP contribution >= 0.6 is 15.9 Å². The Labute approximate surface area is 122 Å². The molecule has 7 heteroatoms. The summed E-state index contributed by atoms with van der Waals surface area (Å²) in [5, 5.41) is 0. The fourth-order valence-electron chi connectivity index (χ4n) is 2.19. The van der Waals surface area contributed by atoms with Crippen molar-refractivity contribution in [1.29, 1.82) is 0 Å². The number of sulfonamides is 1. The van der Waals surface area contributed by atoms with Gasteiger partial charge in [0.25, 0.3) is 0 Å². The standard InChI is InChI=1S/C12H18BrN3O2S/c1-16-5-4-9(8-16)7-15-19(17,18)10-2-3-11(13)12(14)6-10/h2-3,6,9,15H,4-5,7-8,14H2,1H3. The predicted molar refractivity (Wildman–Crippen MR) is 79.3 cm³/mol. The number of nitrogens with zero attached hydrogens (tertiary/aromatic N) is 1. The highest BCUT2D eigenvalue weighted by Gasteiger charge is 2.22. The maximum atomic E-state index is 12.1. The van der Waals surface area contributed by atoms with Gasteiger partial charge in [0.1, 0.15) is 0 Å². The Hall–Kier alpha value is -0.630. The molecule has 0 bridgehead atoms. The molecular weight excluding hydrogens is 330 g/mol. The lowest BCUT2D eigenvalue weighted by molar-refractivity contribution is 0.394. The van der Waals surface area contributed by atoms with E-state index in [1.54, 1.807) is 12.1 Å². The first-order valence-electron chi connectivity index (χ1n) is 6.12. The Bertz CT molecular complexity index is 562. The lowest BCUT2D eigenvalue weighted by Crippen LogP contribution is -2.30. The minimum atomic E-state index is -3.47. The van der Waals surface area contributed by atoms with Crippen LogP contribution in [0.15, 0.2) is 27.6 Å². The minimum absolute atomic E-state index is 0.208. The molecule has 0 aromatic heterocycles. The van der Waals surface area contributed by atoms with Crippen molar-refractivity contribution in [3.63, 3.8) is 0 Å². The van der Waals surface area contributed by atoms with Crippen LogP contribution in [0.25, 0.3) is 0 Å². The molecule has 0 spiro atoms. The Morgan fingerprint density at radius 2 is 2.26 bits per heavy atom. The lowest BCUT2D eigenvalue weighted by atomic mass is 10.1. The third-order valence-electron chi connectivity index (χ3n) is 3.33. The molecule has 1 atom stereocenters. The average Bonchev–Trinajstić information content (AvgIpc) is 2.76. The lowest BCUT2D eigenvalue weighted by Gasteiger charge is -2.12. The van der Waals surface area contributed by atoms with Gasteiger partial charge in [-0.15, -0.1) is 0 Å². The second-order valence-electron chi connectivity index (χ2n) is 4.95. The van der Waals surface area contributed by atoms with Gasteiger partial charge in [-0.25, -0.2) is 13.1 Å². The summed E-state index contributed by atoms with van der Waals surface area (Å²) in [6, 6.07) is 4.66. The zero-order valence-corrected chi connectivity index (χ0v) is 13.2. The van der Waals surface area contributed by atoms with Crippen molar-refractivity contribution in [3.05, 3.63) is 22.7 Å². The normalized spacial score (nSPS) is 20.8. The molecule has 1 unspecified atom stereocenters. The zero-order chi connectivity index (χ0) is 14.0. The van der Waals surface area contributed by atoms with Gasteiger partial charge in [0.15, 0.2) is 0 Å². The molecule has 1 fully saturated rings. The number of hydrogen-bond donors (Lipinski definition) is 2. The summed E-state index contributed by atoms with van der Waals surface area (Å²) in [6.45, 7) is 2.44. The smallest absolute Gasteiger partial charge is 0.240 e. The molecule has 106 valence electrons. The van der Waals surface area contributed by atoms with E-state index in [1.807, 2.05) is 7.05 Å². The van der Waals surface area contributed by atoms with E-state index < -0.39 is 10.0 Å². The third kappa shape index (κ3) is 3.68. The molecular formula is C12H18BrN3O2S. The zero-order valence-electron chi connectivity index (χ0n) is 10.8. The second-order valence-corrected chi connectivity index (χ2v) is 7.57. The van der Waals surface area contributed by atoms with Crippen LogP contribution in [-0.2, 0) is 10.0 Å². The first-order chi connectivity index (χ1) is 8.88. The fraction of sp³-hybridized carbons (Fsp3) is 0.500. The van der Waals surface area contributed by atoms with Gasteiger partial charge in [-0.3, -0.25) is 0 Å². The molecule has 1 saturated heterocycles. The molecule has 1 aromatic rings. The van der Waals surface area contributed by atoms with E-state index in [2.05, 4.69) is 25.6 Å². The topological polar surface area (TPSA) is 75.4 Å². The molecule has 1 aliphatic heterocycles. The monoisotopic (exact) mass is 347 g/mol. The Morgan fingerprint density at radius 1 is 1.53 bits per heavy atom. The van der Waals surface area contributed by atoms with Gasteiger partial charge in [-0.2, -0.15) is 0 Å². The minimum Gasteiger partial charge on any atom is -0.398 e. The molecule has 1 heterocycles. The highest BCUT2D eigenvalue weighted by atomic mass is 79.9. The van der Waals surface area contributed by atoms with Crippen molar-refractivity contribution in [2.45, 2.75) is 11.3 Å². The highest BCUT2D eigenvalue weighted by Crippen LogP contribution is 2.23. The van der Waals surface area contributed by atoms with Crippen LogP contribution in [0.4, 0.5) is 5.69 Å². The van der Waals surface area contributed by atoms with E-state index in [9.17, 15) is 8.42 Å². The van der Waals surface area contributed by atoms with Gasteiger partial charge in [-0.05, 0) is 60.1 Å². The average molecular weight is 348 g/mol. The summed E-state index contributed by atoms with van der Waals surface area (Å²) >= 11 is 3.25. The van der Waals surface area contributed by atoms with Crippen molar-refractivity contribution in [3.8, 4) is 0 Å². The number of nitrogen functional groups attached to an aromatic ring is 1. The maximum absolute atomic E-state index is 12.1. The SMILES string of the molecule is CN1CCC(CNS(=O)(=O)c2ccc(Br)c(N)c2)C1. The van der Waals surface area contributed by atoms with E-state index in [0.29, 0.717) is 22.6 Å². The Morgan fingerprint density at radius 3 is 2.84 bits per heavy atom. The molecule has 1 aromatic carbocycles. The number of hydrogen-bond acceptors (Lipinski definition) is 4. The van der Waals surface area contributed by atoms with Crippen molar-refractivity contribution in [2.75, 3.05) is 32.4 Å². The van der Waals surface area contributed by atoms with E-state index in [1.165, 1.54) is 6.07 Å². The highest BCUT2D eigenvalue weighted by molar-refractivity contribution is 9.10. The molecule has 0 radical (unpaired) electrons. The summed E-state index contributed by atoms with van der Waals surface area (Å²) in [4.78, 5) is 2.41. The van der Waals surface area contributed by atoms with Gasteiger partial charge in [-0.1, -0.05) is 0 Å². The van der Waals surface area contributed by atoms with Gasteiger partial charge >= 0.3 is 0 Å². The number of likely N-dealkylation sites (tertiary alicyclic amines) is 1. The van der Waals surface area contributed by atoms with Crippen LogP contribution in [-0.4, -0.2) is 40.0 Å². The summed E-state index contributed by atoms with van der Waals surface area (Å²) < 4.78 is 27.6. The van der Waals surface area contributed by atoms with E-state index >= 15 is 0 Å². The van der Waals surface area contributed by atoms with Crippen molar-refractivity contribution in [2.24, 2.45) is 5.92 Å². The molecule has 19 heavy (non-hydrogen) atoms. The summed E-state index contributed by atoms with van der Waals surface area (Å²) in [5.41, 5.74) is 6.13. The third-order valence-corrected chi connectivity index (χ3v) is 5.47. The number of halogens is 1. The second kappa shape index (κ2) is 5.78. The van der Waals surface area contributed by atoms with Crippen molar-refractivity contribution in [1.82, 2.24) is 9.62 Å². The fourth-order valence-corrected chi connectivity index (χ4v) is 3.59. The van der Waals surface area contributed by atoms with Crippen molar-refractivity contribution < 1.29 is 8.42 Å². The van der Waals surface area contributed by atoms with Gasteiger partial charge in [0.05, 0.1) is 4.90 Å². The first-order valence-corrected chi connectivity index (χ1v) is 8.39. The van der Waals surface area contributed by atoms with Gasteiger partial charge in [0.2, 0.25) is 10.0 Å². The Balaban J connectivity index is 2.03. The van der Waals surface area contributed by atoms with Gasteiger partial charge in [0, 0.05) is 23.2 Å². The summed E-state index contributed by atoms with van der Waals surface area (Å²) in [7, 11) is -1.43. The predicted octanol–water partition coefficient (Wildman–Crippen LogP) is 1.26. The van der Waals surface area contributed by atoms with E-state index in [-0.39, 0.29) is 4.90 Å². The number of rotatable bonds is 4. The maximum Gasteiger partial charge on any atom is 0.240 e. The summed E-state index contributed by atoms with van der Waals surface area (Å²) in [6.07, 6.45) is 1.03. The van der Waals surface area contributed by atoms with Crippen LogP contribution in [0.5, 0.6) is 0 Å². The number of benzene rings is 1. The van der Waals surface area contributed by atoms with E-state index in [4.69, 9.17) is 5.73 Å². The van der Waals surface area contributed by atoms with Crippen LogP contribution in [0.2, 0.25) is 0 Å². The van der Waals surface area contributed by atoms with E-state index in [0.717, 1.165) is 19.5 Å². The van der Waals surface area contributed by atoms with Crippen molar-refractivity contribution >= 4 is 31.6 Å². The van der Waals surface area contributed by atoms with Gasteiger partial charge < -0.3 is 10.6 Å². The van der Waals surface area contributed by atoms with Crippen LogP contribution in [0, 0.1) is 5.92 Å². The molecule has 1 aliphatic rings. The van der Waals surface area contributed by atoms with Crippen LogP contribution in [0.3, 0.4) is 0 Å². The molecule has 0 amide bonds. The quantitative estimate of drug-likeness (QED) is 0.804. The van der Waals surface area contributed by atoms with Crippen LogP contribution < -0.4 is 10.5 Å². The molecule has 5 nitrogen and oxygen atoms in total. The molecule has 0 aliphatic carbocycles. The number of anilines is 1. The Kier molecular flexibility index (Phi) is 4.50. The molecule has 2 rings (SSSR count).